The lowest BCUT2D eigenvalue weighted by molar-refractivity contribution is -0.264. The largest absolute Gasteiger partial charge is 0.153 e. The highest BCUT2D eigenvalue weighted by Gasteiger charge is 2.52. The van der Waals surface area contributed by atoms with Gasteiger partial charge in [-0.25, -0.2) is 0 Å². The SMILES string of the molecule is CC1(C)C=CC2=C(C=C1)S[N+]1(S2)SC2=C(C=CC(C)(C)C=C2)S1. The van der Waals surface area contributed by atoms with Gasteiger partial charge in [0.25, 0.3) is 0 Å². The Balaban J connectivity index is 1.56. The first-order valence-corrected chi connectivity index (χ1v) is 10.8. The smallest absolute Gasteiger partial charge is 0.0737 e. The van der Waals surface area contributed by atoms with Crippen LogP contribution >= 0.6 is 47.8 Å². The van der Waals surface area contributed by atoms with Gasteiger partial charge in [-0.3, -0.25) is 0 Å². The molecule has 120 valence electrons. The molecule has 0 saturated carbocycles. The number of hydrogen-bond donors (Lipinski definition) is 0. The van der Waals surface area contributed by atoms with Gasteiger partial charge in [0.15, 0.2) is 47.8 Å². The maximum absolute atomic E-state index is 2.31. The second-order valence-electron chi connectivity index (χ2n) is 7.25. The minimum atomic E-state index is 0.147. The van der Waals surface area contributed by atoms with Crippen LogP contribution in [0, 0.1) is 10.8 Å². The van der Waals surface area contributed by atoms with Crippen LogP contribution in [0.25, 0.3) is 0 Å². The summed E-state index contributed by atoms with van der Waals surface area (Å²) in [6.07, 6.45) is 18.5. The average molecular weight is 379 g/mol. The van der Waals surface area contributed by atoms with Gasteiger partial charge in [0, 0.05) is 10.8 Å². The Bertz CT molecular complexity index is 623. The number of quaternary nitrogens is 1. The van der Waals surface area contributed by atoms with E-state index in [0.29, 0.717) is 0 Å². The number of hydrogen-bond acceptors (Lipinski definition) is 4. The van der Waals surface area contributed by atoms with Crippen molar-refractivity contribution in [3.63, 3.8) is 0 Å². The van der Waals surface area contributed by atoms with Gasteiger partial charge in [-0.05, 0) is 24.3 Å². The van der Waals surface area contributed by atoms with Crippen molar-refractivity contribution >= 4 is 47.8 Å². The summed E-state index contributed by atoms with van der Waals surface area (Å²) in [6, 6.07) is 0. The van der Waals surface area contributed by atoms with E-state index >= 15 is 0 Å². The number of rotatable bonds is 0. The molecule has 0 aromatic carbocycles. The molecule has 4 aliphatic rings. The first-order chi connectivity index (χ1) is 10.8. The molecule has 4 rings (SSSR count). The summed E-state index contributed by atoms with van der Waals surface area (Å²) in [5, 5.41) is 0. The van der Waals surface area contributed by atoms with E-state index in [9.17, 15) is 0 Å². The van der Waals surface area contributed by atoms with Crippen molar-refractivity contribution in [2.75, 3.05) is 0 Å². The molecule has 0 N–H and O–H groups in total. The van der Waals surface area contributed by atoms with Gasteiger partial charge in [-0.15, -0.1) is 0 Å². The fraction of sp³-hybridized carbons (Fsp3) is 0.333. The van der Waals surface area contributed by atoms with E-state index in [4.69, 9.17) is 0 Å². The lowest BCUT2D eigenvalue weighted by atomic mass is 9.93. The van der Waals surface area contributed by atoms with Crippen LogP contribution in [-0.4, -0.2) is 2.10 Å². The first kappa shape index (κ1) is 16.3. The topological polar surface area (TPSA) is 0 Å². The minimum absolute atomic E-state index is 0.147. The zero-order chi connectivity index (χ0) is 16.3. The molecule has 0 amide bonds. The van der Waals surface area contributed by atoms with E-state index < -0.39 is 0 Å². The third-order valence-corrected chi connectivity index (χ3v) is 10.0. The molecule has 1 nitrogen and oxygen atoms in total. The van der Waals surface area contributed by atoms with Gasteiger partial charge in [0.05, 0.1) is 19.6 Å². The molecule has 0 bridgehead atoms. The minimum Gasteiger partial charge on any atom is -0.0737 e. The van der Waals surface area contributed by atoms with Gasteiger partial charge < -0.3 is 0 Å². The van der Waals surface area contributed by atoms with Crippen LogP contribution in [0.15, 0.2) is 68.2 Å². The second-order valence-corrected chi connectivity index (χ2v) is 13.3. The maximum Gasteiger partial charge on any atom is 0.153 e. The van der Waals surface area contributed by atoms with Crippen LogP contribution in [0.4, 0.5) is 0 Å². The molecule has 2 heterocycles. The molecule has 1 spiro atoms. The van der Waals surface area contributed by atoms with Crippen LogP contribution in [0.1, 0.15) is 27.7 Å². The molecule has 0 aromatic rings. The van der Waals surface area contributed by atoms with Crippen molar-refractivity contribution in [3.05, 3.63) is 68.2 Å². The van der Waals surface area contributed by atoms with E-state index in [0.717, 1.165) is 2.10 Å². The Labute approximate surface area is 156 Å². The van der Waals surface area contributed by atoms with Gasteiger partial charge >= 0.3 is 0 Å². The summed E-state index contributed by atoms with van der Waals surface area (Å²) in [4.78, 5) is 5.57. The van der Waals surface area contributed by atoms with Crippen LogP contribution in [0.3, 0.4) is 0 Å². The molecule has 0 aromatic heterocycles. The van der Waals surface area contributed by atoms with E-state index in [2.05, 4.69) is 76.3 Å². The average Bonchev–Trinajstić information content (AvgIpc) is 2.91. The van der Waals surface area contributed by atoms with Crippen LogP contribution < -0.4 is 0 Å². The molecule has 0 atom stereocenters. The summed E-state index contributed by atoms with van der Waals surface area (Å²) in [5.74, 6) is 0. The zero-order valence-electron chi connectivity index (χ0n) is 13.7. The fourth-order valence-corrected chi connectivity index (χ4v) is 8.84. The maximum atomic E-state index is 2.31. The Morgan fingerprint density at radius 3 is 1.09 bits per heavy atom. The van der Waals surface area contributed by atoms with Gasteiger partial charge in [-0.1, -0.05) is 54.1 Å². The summed E-state index contributed by atoms with van der Waals surface area (Å²) < 4.78 is 0.861. The second kappa shape index (κ2) is 5.40. The van der Waals surface area contributed by atoms with Crippen molar-refractivity contribution in [1.29, 1.82) is 0 Å². The lowest BCUT2D eigenvalue weighted by Gasteiger charge is -2.19. The Morgan fingerprint density at radius 2 is 0.826 bits per heavy atom. The molecular formula is C18H20NS4+. The summed E-state index contributed by atoms with van der Waals surface area (Å²) in [5.41, 5.74) is 0.294. The number of nitrogens with zero attached hydrogens (tertiary/aromatic N) is 1. The van der Waals surface area contributed by atoms with Crippen molar-refractivity contribution in [1.82, 2.24) is 0 Å². The Hall–Kier alpha value is -0.200. The van der Waals surface area contributed by atoms with E-state index in [1.54, 1.807) is 0 Å². The lowest BCUT2D eigenvalue weighted by Crippen LogP contribution is -2.09. The predicted octanol–water partition coefficient (Wildman–Crippen LogP) is 7.15. The van der Waals surface area contributed by atoms with Crippen LogP contribution in [0.2, 0.25) is 0 Å². The van der Waals surface area contributed by atoms with Crippen molar-refractivity contribution in [2.24, 2.45) is 10.8 Å². The van der Waals surface area contributed by atoms with Crippen LogP contribution in [-0.2, 0) is 0 Å². The monoisotopic (exact) mass is 378 g/mol. The standard InChI is InChI=1S/C18H20NS4/c1-17(2)9-5-13-14(6-10-17)21-19(20-13)22-15-7-11-18(3,4)12-8-16(15)23-19/h5-12H,1-4H3/q+1. The van der Waals surface area contributed by atoms with E-state index in [-0.39, 0.29) is 10.8 Å². The third-order valence-electron chi connectivity index (χ3n) is 3.98. The zero-order valence-corrected chi connectivity index (χ0v) is 17.0. The highest BCUT2D eigenvalue weighted by Crippen LogP contribution is 2.70. The molecule has 5 heteroatoms. The molecule has 0 fully saturated rings. The van der Waals surface area contributed by atoms with Crippen molar-refractivity contribution < 1.29 is 2.10 Å². The first-order valence-electron chi connectivity index (χ1n) is 7.69. The van der Waals surface area contributed by atoms with Crippen LogP contribution in [0.5, 0.6) is 0 Å². The predicted molar refractivity (Wildman–Crippen MR) is 109 cm³/mol. The normalized spacial score (nSPS) is 29.0. The third kappa shape index (κ3) is 3.19. The summed E-state index contributed by atoms with van der Waals surface area (Å²) in [6.45, 7) is 9.01. The highest BCUT2D eigenvalue weighted by molar-refractivity contribution is 8.35. The molecule has 2 aliphatic carbocycles. The molecule has 2 aliphatic heterocycles. The Morgan fingerprint density at radius 1 is 0.565 bits per heavy atom. The van der Waals surface area contributed by atoms with Gasteiger partial charge in [0.1, 0.15) is 0 Å². The van der Waals surface area contributed by atoms with E-state index in [1.165, 1.54) is 19.6 Å². The van der Waals surface area contributed by atoms with Crippen molar-refractivity contribution in [3.8, 4) is 0 Å². The molecule has 0 saturated heterocycles. The fourth-order valence-electron chi connectivity index (χ4n) is 2.50. The van der Waals surface area contributed by atoms with Gasteiger partial charge in [0.2, 0.25) is 0 Å². The van der Waals surface area contributed by atoms with E-state index in [1.807, 2.05) is 47.8 Å². The molecule has 0 unspecified atom stereocenters. The summed E-state index contributed by atoms with van der Waals surface area (Å²) in [7, 11) is 0. The molecular weight excluding hydrogens is 358 g/mol. The van der Waals surface area contributed by atoms with Gasteiger partial charge in [-0.2, -0.15) is 0 Å². The summed E-state index contributed by atoms with van der Waals surface area (Å²) >= 11 is 7.80. The number of allylic oxidation sites excluding steroid dienone is 8. The molecule has 0 radical (unpaired) electrons. The van der Waals surface area contributed by atoms with Crippen molar-refractivity contribution in [2.45, 2.75) is 27.7 Å². The Kier molecular flexibility index (Phi) is 3.82. The highest BCUT2D eigenvalue weighted by atomic mass is 32.3. The molecule has 23 heavy (non-hydrogen) atoms. The quantitative estimate of drug-likeness (QED) is 0.324.